The minimum atomic E-state index is -0.319. The van der Waals surface area contributed by atoms with E-state index in [-0.39, 0.29) is 5.97 Å². The first-order valence-electron chi connectivity index (χ1n) is 7.38. The van der Waals surface area contributed by atoms with E-state index in [1.807, 2.05) is 29.8 Å². The molecule has 0 spiro atoms. The number of esters is 1. The number of carbonyl (C=O) groups is 1. The molecule has 2 aromatic heterocycles. The van der Waals surface area contributed by atoms with Crippen molar-refractivity contribution in [2.45, 2.75) is 17.3 Å². The Hall–Kier alpha value is -2.12. The number of carbonyl (C=O) groups excluding carboxylic acids is 1. The Kier molecular flexibility index (Phi) is 5.32. The number of ether oxygens (including phenoxy) is 1. The highest BCUT2D eigenvalue weighted by Crippen LogP contribution is 2.23. The fourth-order valence-electron chi connectivity index (χ4n) is 2.20. The van der Waals surface area contributed by atoms with Crippen LogP contribution in [0.1, 0.15) is 26.6 Å². The van der Waals surface area contributed by atoms with Crippen LogP contribution in [0.15, 0.2) is 46.9 Å². The van der Waals surface area contributed by atoms with Crippen molar-refractivity contribution in [1.82, 2.24) is 14.8 Å². The Bertz CT molecular complexity index is 811. The van der Waals surface area contributed by atoms with Crippen molar-refractivity contribution >= 4 is 29.1 Å². The van der Waals surface area contributed by atoms with Crippen molar-refractivity contribution in [2.24, 2.45) is 7.05 Å². The molecule has 0 saturated carbocycles. The molecule has 1 aromatic carbocycles. The number of hydrogen-bond donors (Lipinski definition) is 0. The van der Waals surface area contributed by atoms with E-state index in [4.69, 9.17) is 4.74 Å². The van der Waals surface area contributed by atoms with Gasteiger partial charge in [-0.3, -0.25) is 0 Å². The van der Waals surface area contributed by atoms with Crippen LogP contribution >= 0.6 is 23.1 Å². The molecule has 0 unspecified atom stereocenters. The number of methoxy groups -OCH3 is 1. The lowest BCUT2D eigenvalue weighted by Crippen LogP contribution is -2.01. The van der Waals surface area contributed by atoms with Gasteiger partial charge in [-0.2, -0.15) is 0 Å². The summed E-state index contributed by atoms with van der Waals surface area (Å²) in [5, 5.41) is 11.5. The van der Waals surface area contributed by atoms with E-state index in [9.17, 15) is 4.79 Å². The fraction of sp³-hybridized carbons (Fsp3) is 0.235. The largest absolute Gasteiger partial charge is 0.465 e. The predicted octanol–water partition coefficient (Wildman–Crippen LogP) is 3.55. The van der Waals surface area contributed by atoms with Crippen LogP contribution in [0.25, 0.3) is 0 Å². The van der Waals surface area contributed by atoms with Crippen LogP contribution in [-0.4, -0.2) is 27.8 Å². The third-order valence-electron chi connectivity index (χ3n) is 3.58. The van der Waals surface area contributed by atoms with Crippen LogP contribution in [0.3, 0.4) is 0 Å². The van der Waals surface area contributed by atoms with Crippen LogP contribution in [0.2, 0.25) is 0 Å². The summed E-state index contributed by atoms with van der Waals surface area (Å²) in [6, 6.07) is 11.6. The maximum absolute atomic E-state index is 11.4. The van der Waals surface area contributed by atoms with Gasteiger partial charge >= 0.3 is 5.97 Å². The molecule has 5 nitrogen and oxygen atoms in total. The van der Waals surface area contributed by atoms with Crippen molar-refractivity contribution in [3.05, 3.63) is 63.6 Å². The number of thiophene rings is 1. The van der Waals surface area contributed by atoms with Gasteiger partial charge in [0.2, 0.25) is 0 Å². The van der Waals surface area contributed by atoms with E-state index >= 15 is 0 Å². The molecule has 0 aliphatic carbocycles. The number of nitrogens with zero attached hydrogens (tertiary/aromatic N) is 3. The Morgan fingerprint density at radius 2 is 2.04 bits per heavy atom. The first-order valence-corrected chi connectivity index (χ1v) is 9.24. The van der Waals surface area contributed by atoms with Crippen LogP contribution < -0.4 is 0 Å². The Morgan fingerprint density at radius 1 is 1.25 bits per heavy atom. The van der Waals surface area contributed by atoms with Gasteiger partial charge in [-0.1, -0.05) is 30.0 Å². The van der Waals surface area contributed by atoms with Crippen molar-refractivity contribution < 1.29 is 9.53 Å². The van der Waals surface area contributed by atoms with Crippen LogP contribution in [0.5, 0.6) is 0 Å². The highest BCUT2D eigenvalue weighted by atomic mass is 32.2. The zero-order chi connectivity index (χ0) is 16.9. The average Bonchev–Trinajstić information content (AvgIpc) is 3.24. The fourth-order valence-corrected chi connectivity index (χ4v) is 3.78. The minimum absolute atomic E-state index is 0.319. The number of thioether (sulfide) groups is 1. The molecule has 24 heavy (non-hydrogen) atoms. The van der Waals surface area contributed by atoms with Crippen LogP contribution in [0, 0.1) is 0 Å². The van der Waals surface area contributed by atoms with Crippen LogP contribution in [-0.2, 0) is 24.0 Å². The molecular weight excluding hydrogens is 342 g/mol. The smallest absolute Gasteiger partial charge is 0.337 e. The van der Waals surface area contributed by atoms with Gasteiger partial charge in [-0.15, -0.1) is 21.5 Å². The summed E-state index contributed by atoms with van der Waals surface area (Å²) in [5.41, 5.74) is 1.68. The molecule has 124 valence electrons. The van der Waals surface area contributed by atoms with E-state index in [2.05, 4.69) is 21.6 Å². The molecule has 0 bridgehead atoms. The molecule has 2 heterocycles. The van der Waals surface area contributed by atoms with E-state index in [0.717, 1.165) is 28.7 Å². The summed E-state index contributed by atoms with van der Waals surface area (Å²) in [5.74, 6) is 1.41. The second kappa shape index (κ2) is 7.63. The van der Waals surface area contributed by atoms with E-state index in [1.54, 1.807) is 35.2 Å². The lowest BCUT2D eigenvalue weighted by Gasteiger charge is -2.04. The number of hydrogen-bond acceptors (Lipinski definition) is 6. The maximum Gasteiger partial charge on any atom is 0.337 e. The SMILES string of the molecule is COC(=O)c1ccc(CSc2nnc(Cc3cccs3)n2C)cc1. The molecule has 3 aromatic rings. The third kappa shape index (κ3) is 3.85. The topological polar surface area (TPSA) is 57.0 Å². The summed E-state index contributed by atoms with van der Waals surface area (Å²) in [7, 11) is 3.37. The highest BCUT2D eigenvalue weighted by Gasteiger charge is 2.11. The molecule has 0 aliphatic rings. The van der Waals surface area contributed by atoms with E-state index in [0.29, 0.717) is 5.56 Å². The van der Waals surface area contributed by atoms with Gasteiger partial charge in [0.1, 0.15) is 5.82 Å². The van der Waals surface area contributed by atoms with Crippen molar-refractivity contribution in [2.75, 3.05) is 7.11 Å². The second-order valence-corrected chi connectivity index (χ2v) is 7.17. The standard InChI is InChI=1S/C17H17N3O2S2/c1-20-15(10-14-4-3-9-23-14)18-19-17(20)24-11-12-5-7-13(8-6-12)16(21)22-2/h3-9H,10-11H2,1-2H3. The Morgan fingerprint density at radius 3 is 2.71 bits per heavy atom. The predicted molar refractivity (Wildman–Crippen MR) is 95.5 cm³/mol. The molecule has 0 atom stereocenters. The number of aromatic nitrogens is 3. The van der Waals surface area contributed by atoms with Gasteiger partial charge in [0.25, 0.3) is 0 Å². The summed E-state index contributed by atoms with van der Waals surface area (Å²) in [4.78, 5) is 12.7. The molecule has 7 heteroatoms. The number of benzene rings is 1. The lowest BCUT2D eigenvalue weighted by molar-refractivity contribution is 0.0600. The monoisotopic (exact) mass is 359 g/mol. The van der Waals surface area contributed by atoms with E-state index in [1.165, 1.54) is 12.0 Å². The zero-order valence-corrected chi connectivity index (χ0v) is 15.1. The van der Waals surface area contributed by atoms with Gasteiger partial charge in [-0.05, 0) is 29.1 Å². The van der Waals surface area contributed by atoms with Gasteiger partial charge in [0, 0.05) is 24.1 Å². The first-order chi connectivity index (χ1) is 11.7. The van der Waals surface area contributed by atoms with E-state index < -0.39 is 0 Å². The molecule has 3 rings (SSSR count). The summed E-state index contributed by atoms with van der Waals surface area (Å²) < 4.78 is 6.74. The highest BCUT2D eigenvalue weighted by molar-refractivity contribution is 7.98. The minimum Gasteiger partial charge on any atom is -0.465 e. The lowest BCUT2D eigenvalue weighted by atomic mass is 10.1. The third-order valence-corrected chi connectivity index (χ3v) is 5.55. The normalized spacial score (nSPS) is 10.8. The van der Waals surface area contributed by atoms with Crippen molar-refractivity contribution in [3.8, 4) is 0 Å². The molecule has 0 saturated heterocycles. The molecule has 0 N–H and O–H groups in total. The maximum atomic E-state index is 11.4. The average molecular weight is 359 g/mol. The van der Waals surface area contributed by atoms with Crippen molar-refractivity contribution in [1.29, 1.82) is 0 Å². The van der Waals surface area contributed by atoms with Crippen molar-refractivity contribution in [3.63, 3.8) is 0 Å². The Balaban J connectivity index is 1.62. The van der Waals surface area contributed by atoms with Gasteiger partial charge < -0.3 is 9.30 Å². The molecule has 0 amide bonds. The Labute approximate surface area is 148 Å². The van der Waals surface area contributed by atoms with Crippen LogP contribution in [0.4, 0.5) is 0 Å². The zero-order valence-electron chi connectivity index (χ0n) is 13.4. The van der Waals surface area contributed by atoms with Gasteiger partial charge in [0.15, 0.2) is 5.16 Å². The number of rotatable bonds is 6. The molecular formula is C17H17N3O2S2. The molecule has 0 aliphatic heterocycles. The second-order valence-electron chi connectivity index (χ2n) is 5.19. The summed E-state index contributed by atoms with van der Waals surface area (Å²) >= 11 is 3.36. The molecule has 0 radical (unpaired) electrons. The molecule has 0 fully saturated rings. The summed E-state index contributed by atoms with van der Waals surface area (Å²) in [6.07, 6.45) is 0.801. The van der Waals surface area contributed by atoms with Gasteiger partial charge in [0.05, 0.1) is 12.7 Å². The van der Waals surface area contributed by atoms with Gasteiger partial charge in [-0.25, -0.2) is 4.79 Å². The summed E-state index contributed by atoms with van der Waals surface area (Å²) in [6.45, 7) is 0. The first kappa shape index (κ1) is 16.7. The quantitative estimate of drug-likeness (QED) is 0.498.